The van der Waals surface area contributed by atoms with E-state index in [-0.39, 0.29) is 12.5 Å². The van der Waals surface area contributed by atoms with E-state index in [1.54, 1.807) is 12.1 Å². The van der Waals surface area contributed by atoms with Crippen LogP contribution in [-0.4, -0.2) is 36.4 Å². The number of benzene rings is 1. The second-order valence-corrected chi connectivity index (χ2v) is 5.76. The molecular formula is C13H16INO3. The molecule has 1 heterocycles. The van der Waals surface area contributed by atoms with Crippen LogP contribution in [-0.2, 0) is 4.74 Å². The number of carbonyl (C=O) groups is 1. The normalized spacial score (nSPS) is 18.3. The molecule has 2 rings (SSSR count). The van der Waals surface area contributed by atoms with Crippen LogP contribution in [0.5, 0.6) is 0 Å². The third-order valence-electron chi connectivity index (χ3n) is 3.24. The number of nitrogens with one attached hydrogen (secondary N) is 1. The van der Waals surface area contributed by atoms with Gasteiger partial charge in [-0.1, -0.05) is 0 Å². The van der Waals surface area contributed by atoms with Crippen LogP contribution in [0, 0.1) is 3.57 Å². The zero-order valence-electron chi connectivity index (χ0n) is 9.99. The van der Waals surface area contributed by atoms with E-state index in [0.717, 1.165) is 3.57 Å². The summed E-state index contributed by atoms with van der Waals surface area (Å²) in [5.41, 5.74) is 0.0907. The van der Waals surface area contributed by atoms with Gasteiger partial charge in [0.15, 0.2) is 0 Å². The number of carbonyl (C=O) groups excluding carboxylic acids is 1. The Balaban J connectivity index is 2.07. The van der Waals surface area contributed by atoms with E-state index >= 15 is 0 Å². The number of aliphatic hydroxyl groups excluding tert-OH is 1. The molecule has 1 fully saturated rings. The minimum absolute atomic E-state index is 0.0491. The first-order valence-corrected chi connectivity index (χ1v) is 7.00. The zero-order valence-corrected chi connectivity index (χ0v) is 12.1. The van der Waals surface area contributed by atoms with E-state index in [4.69, 9.17) is 4.74 Å². The molecule has 2 N–H and O–H groups in total. The lowest BCUT2D eigenvalue weighted by Gasteiger charge is -2.36. The summed E-state index contributed by atoms with van der Waals surface area (Å²) in [6.45, 7) is 1.10. The number of rotatable bonds is 3. The van der Waals surface area contributed by atoms with E-state index in [2.05, 4.69) is 27.9 Å². The first kappa shape index (κ1) is 13.8. The van der Waals surface area contributed by atoms with Crippen molar-refractivity contribution in [1.29, 1.82) is 0 Å². The van der Waals surface area contributed by atoms with Crippen LogP contribution < -0.4 is 5.32 Å². The molecule has 0 aromatic heterocycles. The van der Waals surface area contributed by atoms with Gasteiger partial charge >= 0.3 is 0 Å². The summed E-state index contributed by atoms with van der Waals surface area (Å²) in [7, 11) is 0. The molecule has 0 unspecified atom stereocenters. The van der Waals surface area contributed by atoms with Crippen LogP contribution >= 0.6 is 22.6 Å². The van der Waals surface area contributed by atoms with Crippen LogP contribution in [0.1, 0.15) is 23.2 Å². The number of amides is 1. The van der Waals surface area contributed by atoms with Crippen molar-refractivity contribution in [3.8, 4) is 0 Å². The van der Waals surface area contributed by atoms with Gasteiger partial charge < -0.3 is 15.2 Å². The van der Waals surface area contributed by atoms with Gasteiger partial charge in [0, 0.05) is 22.3 Å². The Morgan fingerprint density at radius 2 is 1.94 bits per heavy atom. The zero-order chi connectivity index (χ0) is 13.0. The van der Waals surface area contributed by atoms with E-state index in [9.17, 15) is 9.90 Å². The van der Waals surface area contributed by atoms with E-state index in [0.29, 0.717) is 31.6 Å². The van der Waals surface area contributed by atoms with Crippen molar-refractivity contribution in [3.63, 3.8) is 0 Å². The summed E-state index contributed by atoms with van der Waals surface area (Å²) < 4.78 is 6.36. The Kier molecular flexibility index (Phi) is 4.58. The molecule has 0 spiro atoms. The number of ether oxygens (including phenoxy) is 1. The number of halogens is 1. The van der Waals surface area contributed by atoms with Gasteiger partial charge in [-0.15, -0.1) is 0 Å². The number of aliphatic hydroxyl groups is 1. The fraction of sp³-hybridized carbons (Fsp3) is 0.462. The smallest absolute Gasteiger partial charge is 0.251 e. The third-order valence-corrected chi connectivity index (χ3v) is 3.96. The van der Waals surface area contributed by atoms with Gasteiger partial charge in [-0.25, -0.2) is 0 Å². The average molecular weight is 361 g/mol. The fourth-order valence-corrected chi connectivity index (χ4v) is 2.36. The topological polar surface area (TPSA) is 58.6 Å². The summed E-state index contributed by atoms with van der Waals surface area (Å²) >= 11 is 2.20. The second kappa shape index (κ2) is 5.99. The van der Waals surface area contributed by atoms with Crippen LogP contribution in [0.15, 0.2) is 24.3 Å². The lowest BCUT2D eigenvalue weighted by molar-refractivity contribution is 0.0125. The van der Waals surface area contributed by atoms with Gasteiger partial charge in [-0.05, 0) is 59.7 Å². The van der Waals surface area contributed by atoms with Crippen molar-refractivity contribution >= 4 is 28.5 Å². The number of hydrogen-bond donors (Lipinski definition) is 2. The fourth-order valence-electron chi connectivity index (χ4n) is 2.00. The maximum absolute atomic E-state index is 12.1. The van der Waals surface area contributed by atoms with E-state index < -0.39 is 5.54 Å². The Bertz CT molecular complexity index is 413. The first-order chi connectivity index (χ1) is 8.65. The molecule has 0 radical (unpaired) electrons. The van der Waals surface area contributed by atoms with Crippen LogP contribution in [0.2, 0.25) is 0 Å². The molecule has 98 valence electrons. The maximum Gasteiger partial charge on any atom is 0.251 e. The van der Waals surface area contributed by atoms with Crippen molar-refractivity contribution < 1.29 is 14.6 Å². The highest BCUT2D eigenvalue weighted by molar-refractivity contribution is 14.1. The molecular weight excluding hydrogens is 345 g/mol. The quantitative estimate of drug-likeness (QED) is 0.804. The monoisotopic (exact) mass is 361 g/mol. The predicted octanol–water partition coefficient (Wildman–Crippen LogP) is 1.56. The standard InChI is InChI=1S/C13H16INO3/c14-11-3-1-10(2-4-11)12(17)15-13(9-16)5-7-18-8-6-13/h1-4,16H,5-9H2,(H,15,17). The molecule has 0 atom stereocenters. The molecule has 1 aliphatic heterocycles. The molecule has 1 aliphatic rings. The molecule has 0 bridgehead atoms. The van der Waals surface area contributed by atoms with Gasteiger partial charge in [0.1, 0.15) is 0 Å². The molecule has 4 nitrogen and oxygen atoms in total. The summed E-state index contributed by atoms with van der Waals surface area (Å²) in [4.78, 5) is 12.1. The largest absolute Gasteiger partial charge is 0.394 e. The van der Waals surface area contributed by atoms with E-state index in [1.807, 2.05) is 12.1 Å². The van der Waals surface area contributed by atoms with Gasteiger partial charge in [-0.3, -0.25) is 4.79 Å². The first-order valence-electron chi connectivity index (χ1n) is 5.92. The Hall–Kier alpha value is -0.660. The lowest BCUT2D eigenvalue weighted by atomic mass is 9.90. The Morgan fingerprint density at radius 1 is 1.33 bits per heavy atom. The molecule has 1 aromatic carbocycles. The van der Waals surface area contributed by atoms with Gasteiger partial charge in [-0.2, -0.15) is 0 Å². The van der Waals surface area contributed by atoms with Crippen LogP contribution in [0.25, 0.3) is 0 Å². The lowest BCUT2D eigenvalue weighted by Crippen LogP contribution is -2.54. The summed E-state index contributed by atoms with van der Waals surface area (Å²) in [5.74, 6) is -0.137. The third kappa shape index (κ3) is 3.21. The molecule has 0 aliphatic carbocycles. The molecule has 1 aromatic rings. The van der Waals surface area contributed by atoms with Crippen molar-refractivity contribution in [2.75, 3.05) is 19.8 Å². The average Bonchev–Trinajstić information content (AvgIpc) is 2.40. The van der Waals surface area contributed by atoms with Crippen molar-refractivity contribution in [2.24, 2.45) is 0 Å². The van der Waals surface area contributed by atoms with Crippen molar-refractivity contribution in [3.05, 3.63) is 33.4 Å². The van der Waals surface area contributed by atoms with Crippen molar-refractivity contribution in [1.82, 2.24) is 5.32 Å². The Labute approximate surface area is 120 Å². The minimum atomic E-state index is -0.529. The highest BCUT2D eigenvalue weighted by atomic mass is 127. The highest BCUT2D eigenvalue weighted by Gasteiger charge is 2.33. The SMILES string of the molecule is O=C(NC1(CO)CCOCC1)c1ccc(I)cc1. The van der Waals surface area contributed by atoms with Gasteiger partial charge in [0.05, 0.1) is 12.1 Å². The van der Waals surface area contributed by atoms with Crippen LogP contribution in [0.3, 0.4) is 0 Å². The summed E-state index contributed by atoms with van der Waals surface area (Å²) in [6, 6.07) is 7.37. The van der Waals surface area contributed by atoms with E-state index in [1.165, 1.54) is 0 Å². The molecule has 1 amide bonds. The molecule has 5 heteroatoms. The second-order valence-electron chi connectivity index (χ2n) is 4.51. The minimum Gasteiger partial charge on any atom is -0.394 e. The highest BCUT2D eigenvalue weighted by Crippen LogP contribution is 2.20. The predicted molar refractivity (Wildman–Crippen MR) is 76.5 cm³/mol. The Morgan fingerprint density at radius 3 is 2.50 bits per heavy atom. The maximum atomic E-state index is 12.1. The number of hydrogen-bond acceptors (Lipinski definition) is 3. The molecule has 1 saturated heterocycles. The van der Waals surface area contributed by atoms with Crippen LogP contribution in [0.4, 0.5) is 0 Å². The van der Waals surface area contributed by atoms with Gasteiger partial charge in [0.2, 0.25) is 0 Å². The summed E-state index contributed by atoms with van der Waals surface area (Å²) in [6.07, 6.45) is 1.30. The van der Waals surface area contributed by atoms with Crippen molar-refractivity contribution in [2.45, 2.75) is 18.4 Å². The summed E-state index contributed by atoms with van der Waals surface area (Å²) in [5, 5.41) is 12.5. The van der Waals surface area contributed by atoms with Gasteiger partial charge in [0.25, 0.3) is 5.91 Å². The molecule has 0 saturated carbocycles. The molecule has 18 heavy (non-hydrogen) atoms.